The Labute approximate surface area is 228 Å². The van der Waals surface area contributed by atoms with Gasteiger partial charge in [0.05, 0.1) is 12.6 Å². The molecule has 2 amide bonds. The van der Waals surface area contributed by atoms with E-state index in [9.17, 15) is 9.59 Å². The first-order chi connectivity index (χ1) is 17.8. The van der Waals surface area contributed by atoms with Gasteiger partial charge in [-0.3, -0.25) is 0 Å². The number of nitrogens with zero attached hydrogens (tertiary/aromatic N) is 1. The fourth-order valence-corrected chi connectivity index (χ4v) is 5.11. The van der Waals surface area contributed by atoms with E-state index >= 15 is 0 Å². The molecule has 0 aliphatic carbocycles. The molecule has 6 heteroatoms. The van der Waals surface area contributed by atoms with Gasteiger partial charge in [0.2, 0.25) is 0 Å². The van der Waals surface area contributed by atoms with Crippen LogP contribution in [0.4, 0.5) is 4.79 Å². The van der Waals surface area contributed by atoms with E-state index in [0.717, 1.165) is 31.2 Å². The first kappa shape index (κ1) is 29.3. The highest BCUT2D eigenvalue weighted by Crippen LogP contribution is 2.32. The van der Waals surface area contributed by atoms with Crippen molar-refractivity contribution in [3.63, 3.8) is 0 Å². The van der Waals surface area contributed by atoms with Gasteiger partial charge in [-0.15, -0.1) is 6.58 Å². The van der Waals surface area contributed by atoms with Crippen LogP contribution in [0, 0.1) is 0 Å². The highest BCUT2D eigenvalue weighted by Gasteiger charge is 2.42. The summed E-state index contributed by atoms with van der Waals surface area (Å²) in [5.41, 5.74) is 3.48. The molecular weight excluding hydrogens is 476 g/mol. The number of benzene rings is 2. The third-order valence-corrected chi connectivity index (χ3v) is 7.58. The van der Waals surface area contributed by atoms with Gasteiger partial charge in [-0.25, -0.2) is 9.59 Å². The first-order valence-electron chi connectivity index (χ1n) is 13.4. The van der Waals surface area contributed by atoms with Crippen LogP contribution in [-0.2, 0) is 34.2 Å². The van der Waals surface area contributed by atoms with Crippen LogP contribution in [0.1, 0.15) is 69.7 Å². The molecular formula is C32H44N2O4. The second-order valence-corrected chi connectivity index (χ2v) is 12.0. The lowest BCUT2D eigenvalue weighted by atomic mass is 9.82. The molecule has 0 spiro atoms. The minimum absolute atomic E-state index is 0.0145. The van der Waals surface area contributed by atoms with Crippen molar-refractivity contribution in [3.05, 3.63) is 77.4 Å². The maximum atomic E-state index is 12.5. The van der Waals surface area contributed by atoms with Gasteiger partial charge in [0.1, 0.15) is 5.75 Å². The van der Waals surface area contributed by atoms with Crippen molar-refractivity contribution < 1.29 is 19.1 Å². The number of hydrogen-bond donors (Lipinski definition) is 1. The zero-order chi connectivity index (χ0) is 28.1. The highest BCUT2D eigenvalue weighted by atomic mass is 16.6. The van der Waals surface area contributed by atoms with E-state index in [-0.39, 0.29) is 17.0 Å². The second-order valence-electron chi connectivity index (χ2n) is 12.0. The number of hydrogen-bond acceptors (Lipinski definition) is 4. The first-order valence-corrected chi connectivity index (χ1v) is 13.4. The topological polar surface area (TPSA) is 67.9 Å². The second kappa shape index (κ2) is 11.6. The van der Waals surface area contributed by atoms with Crippen LogP contribution in [0.3, 0.4) is 0 Å². The van der Waals surface area contributed by atoms with Gasteiger partial charge in [0.15, 0.2) is 5.60 Å². The molecule has 38 heavy (non-hydrogen) atoms. The fraction of sp³-hybridized carbons (Fsp3) is 0.500. The van der Waals surface area contributed by atoms with Crippen molar-refractivity contribution in [1.29, 1.82) is 0 Å². The van der Waals surface area contributed by atoms with Crippen molar-refractivity contribution in [2.75, 3.05) is 20.7 Å². The van der Waals surface area contributed by atoms with E-state index in [2.05, 4.69) is 69.1 Å². The normalized spacial score (nSPS) is 17.8. The standard InChI is InChI=1S/C32H44N2O4/c1-9-11-25-20-23(15-18-27(25)38-31(5,6)28(35)37-8)12-10-19-32(22-33-29(36)34(32)7)21-24-13-16-26(17-14-24)30(2,3)4/h9,13-18,20H,1,10-12,19,21-22H2,2-8H3,(H,33,36). The Balaban J connectivity index is 1.74. The maximum Gasteiger partial charge on any atom is 0.349 e. The average molecular weight is 521 g/mol. The van der Waals surface area contributed by atoms with Crippen molar-refractivity contribution in [3.8, 4) is 5.75 Å². The predicted molar refractivity (Wildman–Crippen MR) is 153 cm³/mol. The van der Waals surface area contributed by atoms with Crippen LogP contribution >= 0.6 is 0 Å². The number of urea groups is 1. The zero-order valence-corrected chi connectivity index (χ0v) is 24.1. The van der Waals surface area contributed by atoms with Crippen LogP contribution in [-0.4, -0.2) is 48.7 Å². The average Bonchev–Trinajstić information content (AvgIpc) is 3.13. The third kappa shape index (κ3) is 6.77. The van der Waals surface area contributed by atoms with E-state index in [1.807, 2.05) is 24.1 Å². The summed E-state index contributed by atoms with van der Waals surface area (Å²) in [6.45, 7) is 14.6. The molecule has 0 radical (unpaired) electrons. The van der Waals surface area contributed by atoms with Crippen LogP contribution in [0.25, 0.3) is 0 Å². The Morgan fingerprint density at radius 2 is 1.76 bits per heavy atom. The van der Waals surface area contributed by atoms with E-state index in [4.69, 9.17) is 9.47 Å². The summed E-state index contributed by atoms with van der Waals surface area (Å²) < 4.78 is 10.9. The molecule has 1 heterocycles. The smallest absolute Gasteiger partial charge is 0.349 e. The van der Waals surface area contributed by atoms with Crippen LogP contribution in [0.2, 0.25) is 0 Å². The number of likely N-dealkylation sites (N-methyl/N-ethyl adjacent to an activating group) is 1. The molecule has 206 valence electrons. The fourth-order valence-electron chi connectivity index (χ4n) is 5.11. The van der Waals surface area contributed by atoms with Crippen LogP contribution in [0.5, 0.6) is 5.75 Å². The third-order valence-electron chi connectivity index (χ3n) is 7.58. The molecule has 2 aromatic rings. The number of rotatable bonds is 11. The van der Waals surface area contributed by atoms with Crippen LogP contribution < -0.4 is 10.1 Å². The number of nitrogens with one attached hydrogen (secondary N) is 1. The monoisotopic (exact) mass is 520 g/mol. The van der Waals surface area contributed by atoms with E-state index in [0.29, 0.717) is 18.7 Å². The number of carbonyl (C=O) groups excluding carboxylic acids is 2. The minimum Gasteiger partial charge on any atom is -0.476 e. The van der Waals surface area contributed by atoms with E-state index in [1.165, 1.54) is 23.8 Å². The molecule has 1 unspecified atom stereocenters. The minimum atomic E-state index is -1.09. The SMILES string of the molecule is C=CCc1cc(CCCC2(Cc3ccc(C(C)(C)C)cc3)CNC(=O)N2C)ccc1OC(C)(C)C(=O)OC. The van der Waals surface area contributed by atoms with Gasteiger partial charge >= 0.3 is 12.0 Å². The number of esters is 1. The molecule has 1 N–H and O–H groups in total. The van der Waals surface area contributed by atoms with Gasteiger partial charge in [0.25, 0.3) is 0 Å². The molecule has 1 aliphatic rings. The number of aryl methyl sites for hydroxylation is 1. The highest BCUT2D eigenvalue weighted by molar-refractivity contribution is 5.79. The maximum absolute atomic E-state index is 12.5. The summed E-state index contributed by atoms with van der Waals surface area (Å²) in [7, 11) is 3.27. The summed E-state index contributed by atoms with van der Waals surface area (Å²) >= 11 is 0. The summed E-state index contributed by atoms with van der Waals surface area (Å²) in [6.07, 6.45) is 5.97. The Morgan fingerprint density at radius 1 is 1.11 bits per heavy atom. The van der Waals surface area contributed by atoms with Crippen molar-refractivity contribution in [2.24, 2.45) is 0 Å². The Morgan fingerprint density at radius 3 is 2.32 bits per heavy atom. The number of carbonyl (C=O) groups is 2. The summed E-state index contributed by atoms with van der Waals surface area (Å²) in [5.74, 6) is 0.234. The number of amides is 2. The Hall–Kier alpha value is -3.28. The molecule has 0 aromatic heterocycles. The van der Waals surface area contributed by atoms with Crippen molar-refractivity contribution in [2.45, 2.75) is 83.3 Å². The Bertz CT molecular complexity index is 1150. The van der Waals surface area contributed by atoms with Gasteiger partial charge < -0.3 is 19.7 Å². The molecule has 3 rings (SSSR count). The lowest BCUT2D eigenvalue weighted by Gasteiger charge is -2.35. The summed E-state index contributed by atoms with van der Waals surface area (Å²) in [4.78, 5) is 26.5. The molecule has 0 saturated carbocycles. The van der Waals surface area contributed by atoms with E-state index in [1.54, 1.807) is 13.8 Å². The predicted octanol–water partition coefficient (Wildman–Crippen LogP) is 6.00. The molecule has 2 aromatic carbocycles. The number of allylic oxidation sites excluding steroid dienone is 1. The number of methoxy groups -OCH3 is 1. The quantitative estimate of drug-likeness (QED) is 0.291. The molecule has 6 nitrogen and oxygen atoms in total. The summed E-state index contributed by atoms with van der Waals surface area (Å²) in [5, 5.41) is 3.06. The lowest BCUT2D eigenvalue weighted by Crippen LogP contribution is -2.46. The molecule has 1 fully saturated rings. The Kier molecular flexibility index (Phi) is 8.96. The van der Waals surface area contributed by atoms with Gasteiger partial charge in [-0.05, 0) is 79.7 Å². The largest absolute Gasteiger partial charge is 0.476 e. The van der Waals surface area contributed by atoms with E-state index < -0.39 is 11.6 Å². The molecule has 1 saturated heterocycles. The molecule has 0 bridgehead atoms. The number of ether oxygens (including phenoxy) is 2. The van der Waals surface area contributed by atoms with Gasteiger partial charge in [-0.2, -0.15) is 0 Å². The van der Waals surface area contributed by atoms with Gasteiger partial charge in [-0.1, -0.05) is 63.2 Å². The zero-order valence-electron chi connectivity index (χ0n) is 24.1. The van der Waals surface area contributed by atoms with Crippen LogP contribution in [0.15, 0.2) is 55.1 Å². The van der Waals surface area contributed by atoms with Gasteiger partial charge in [0, 0.05) is 13.6 Å². The molecule has 1 aliphatic heterocycles. The summed E-state index contributed by atoms with van der Waals surface area (Å²) in [6, 6.07) is 14.9. The molecule has 1 atom stereocenters. The van der Waals surface area contributed by atoms with Crippen molar-refractivity contribution in [1.82, 2.24) is 10.2 Å². The lowest BCUT2D eigenvalue weighted by molar-refractivity contribution is -0.156. The van der Waals surface area contributed by atoms with Crippen molar-refractivity contribution >= 4 is 12.0 Å².